The van der Waals surface area contributed by atoms with Gasteiger partial charge in [-0.3, -0.25) is 28.8 Å². The maximum atomic E-state index is 14.3. The zero-order valence-corrected chi connectivity index (χ0v) is 49.1. The van der Waals surface area contributed by atoms with Crippen molar-refractivity contribution in [2.24, 2.45) is 35.1 Å². The summed E-state index contributed by atoms with van der Waals surface area (Å²) in [6.45, 7) is 14.0. The molecule has 2 aliphatic heterocycles. The smallest absolute Gasteiger partial charge is 0.405 e. The van der Waals surface area contributed by atoms with Crippen molar-refractivity contribution in [2.75, 3.05) is 41.5 Å². The fraction of sp³-hybridized carbons (Fsp3) is 0.533. The van der Waals surface area contributed by atoms with Gasteiger partial charge in [-0.05, 0) is 89.2 Å². The molecule has 12 atom stereocenters. The Bertz CT molecular complexity index is 2550. The van der Waals surface area contributed by atoms with Crippen LogP contribution >= 0.6 is 0 Å². The van der Waals surface area contributed by atoms with Crippen LogP contribution in [0.5, 0.6) is 0 Å². The fourth-order valence-electron chi connectivity index (χ4n) is 10.2. The molecule has 0 saturated carbocycles. The van der Waals surface area contributed by atoms with Gasteiger partial charge < -0.3 is 71.4 Å². The summed E-state index contributed by atoms with van der Waals surface area (Å²) in [5.74, 6) is -5.39. The maximum absolute atomic E-state index is 14.3. The van der Waals surface area contributed by atoms with Gasteiger partial charge in [-0.25, -0.2) is 9.59 Å². The van der Waals surface area contributed by atoms with Crippen molar-refractivity contribution >= 4 is 47.1 Å². The summed E-state index contributed by atoms with van der Waals surface area (Å²) in [6, 6.07) is 0. The van der Waals surface area contributed by atoms with Gasteiger partial charge in [0, 0.05) is 87.8 Å². The van der Waals surface area contributed by atoms with E-state index in [0.29, 0.717) is 24.0 Å². The van der Waals surface area contributed by atoms with Crippen LogP contribution in [0.4, 0.5) is 9.59 Å². The minimum absolute atomic E-state index is 0.0394. The Hall–Kier alpha value is -7.08. The Kier molecular flexibility index (Phi) is 26.3. The lowest BCUT2D eigenvalue weighted by Crippen LogP contribution is -2.38. The van der Waals surface area contributed by atoms with E-state index in [4.69, 9.17) is 39.9 Å². The van der Waals surface area contributed by atoms with Crippen molar-refractivity contribution in [1.82, 2.24) is 21.3 Å². The lowest BCUT2D eigenvalue weighted by atomic mass is 9.85. The number of aliphatic hydroxyl groups is 2. The first-order valence-corrected chi connectivity index (χ1v) is 27.4. The second-order valence-corrected chi connectivity index (χ2v) is 21.4. The van der Waals surface area contributed by atoms with Gasteiger partial charge in [0.2, 0.25) is 23.1 Å². The molecule has 4 rings (SSSR count). The molecule has 22 heteroatoms. The molecule has 4 aliphatic rings. The number of Topliss-reactive ketones (excluding diaryl/α,β-unsaturated/α-hetero) is 2. The van der Waals surface area contributed by atoms with Gasteiger partial charge >= 0.3 is 12.2 Å². The number of ether oxygens (including phenoxy) is 6. The van der Waals surface area contributed by atoms with E-state index in [-0.39, 0.29) is 95.7 Å². The van der Waals surface area contributed by atoms with Gasteiger partial charge in [-0.1, -0.05) is 76.3 Å². The highest BCUT2D eigenvalue weighted by Crippen LogP contribution is 2.31. The Balaban J connectivity index is 1.60. The van der Waals surface area contributed by atoms with Crippen LogP contribution in [0, 0.1) is 23.7 Å². The largest absolute Gasteiger partial charge is 0.439 e. The number of aliphatic hydroxyl groups excluding tert-OH is 2. The Morgan fingerprint density at radius 2 is 0.939 bits per heavy atom. The quantitative estimate of drug-likeness (QED) is 0.0715. The highest BCUT2D eigenvalue weighted by atomic mass is 16.6. The van der Waals surface area contributed by atoms with Crippen LogP contribution in [0.15, 0.2) is 117 Å². The first kappa shape index (κ1) is 67.4. The Morgan fingerprint density at radius 3 is 1.26 bits per heavy atom. The number of nitrogens with two attached hydrogens (primary N) is 2. The Morgan fingerprint density at radius 1 is 0.585 bits per heavy atom. The number of carbonyl (C=O) groups excluding carboxylic acids is 8. The predicted octanol–water partition coefficient (Wildman–Crippen LogP) is 4.50. The zero-order valence-electron chi connectivity index (χ0n) is 49.1. The van der Waals surface area contributed by atoms with Crippen molar-refractivity contribution in [2.45, 2.75) is 143 Å². The number of unbranched alkanes of at least 4 members (excludes halogenated alkanes) is 1. The number of hydrogen-bond acceptors (Lipinski definition) is 18. The molecule has 0 fully saturated rings. The lowest BCUT2D eigenvalue weighted by Gasteiger charge is -2.30. The van der Waals surface area contributed by atoms with Crippen LogP contribution in [-0.2, 0) is 57.2 Å². The van der Waals surface area contributed by atoms with Gasteiger partial charge in [0.15, 0.2) is 12.2 Å². The zero-order chi connectivity index (χ0) is 61.1. The highest BCUT2D eigenvalue weighted by Gasteiger charge is 2.36. The summed E-state index contributed by atoms with van der Waals surface area (Å²) in [6.07, 6.45) is 6.61. The molecular weight excluding hydrogens is 1060 g/mol. The van der Waals surface area contributed by atoms with Crippen LogP contribution in [0.3, 0.4) is 0 Å². The van der Waals surface area contributed by atoms with Crippen LogP contribution in [-0.4, -0.2) is 148 Å². The SMILES string of the molecule is CO[C@H]1/C=C\C=C(\C)C(=O)NC2=CC(=O)C(NCCCCNC3=C4C[C@@H](C)C[C@H](OC)[C@H](O)[C@@H](C)/C=C(/C)[C@H](OC(N)=O)[C@@H](OC)/C=C\C=C(\C)C(=O)NC(=CC3=O)C4=O)=C(C[C@@H](C)C[C@H](OC)[C@H](O)[C@@H](C)/C=C(/C)[C@@H]1OC(N)=O)C2=O. The number of hydrogen-bond donors (Lipinski definition) is 8. The number of methoxy groups -OCH3 is 4. The number of primary amides is 2. The van der Waals surface area contributed by atoms with Gasteiger partial charge in [-0.2, -0.15) is 0 Å². The van der Waals surface area contributed by atoms with E-state index in [1.807, 2.05) is 13.8 Å². The van der Waals surface area contributed by atoms with Gasteiger partial charge in [-0.15, -0.1) is 0 Å². The molecule has 450 valence electrons. The summed E-state index contributed by atoms with van der Waals surface area (Å²) in [4.78, 5) is 108. The number of fused-ring (bicyclic) bond motifs is 4. The topological polar surface area (TPSA) is 333 Å². The van der Waals surface area contributed by atoms with E-state index in [1.54, 1.807) is 52.0 Å². The summed E-state index contributed by atoms with van der Waals surface area (Å²) >= 11 is 0. The molecule has 2 aliphatic carbocycles. The molecule has 0 unspecified atom stereocenters. The van der Waals surface area contributed by atoms with Crippen LogP contribution in [0.1, 0.15) is 93.9 Å². The number of amides is 4. The van der Waals surface area contributed by atoms with Crippen molar-refractivity contribution < 1.29 is 77.0 Å². The van der Waals surface area contributed by atoms with Crippen molar-refractivity contribution in [1.29, 1.82) is 0 Å². The number of ketones is 4. The molecule has 0 aromatic heterocycles. The monoisotopic (exact) mass is 1140 g/mol. The molecule has 2 heterocycles. The van der Waals surface area contributed by atoms with E-state index < -0.39 is 108 Å². The summed E-state index contributed by atoms with van der Waals surface area (Å²) < 4.78 is 33.7. The Labute approximate surface area is 480 Å². The molecule has 0 radical (unpaired) electrons. The highest BCUT2D eigenvalue weighted by molar-refractivity contribution is 6.24. The number of nitrogens with one attached hydrogen (secondary N) is 4. The van der Waals surface area contributed by atoms with Crippen molar-refractivity contribution in [3.8, 4) is 0 Å². The predicted molar refractivity (Wildman–Crippen MR) is 304 cm³/mol. The standard InChI is InChI=1S/C60H84N6O16/c1-31-23-39-49(43(67)29-41(53(39)71)65-57(73)33(3)17-15-19-45(77-9)55(81-59(61)75)37(7)27-35(5)51(69)47(25-31)79-11)63-21-13-14-22-64-50-40-24-32(2)26-48(80-12)52(70)36(6)28-38(8)56(82-60(62)76)46(78-10)20-16-18-34(4)58(74)66-42(54(40)72)30-44(50)68/h15-20,27-32,35-36,45-48,51-52,55-56,63-64,69-70H,13-14,21-26H2,1-12H3,(H2,61,75)(H2,62,76)(H,65,73)(H,66,74)/b19-15-,20-16-,33-17-,34-18-,37-27-,38-28-/t31-,32-,35+,36+,45+,46+,47+,48+,51-,52-,55+,56+/m1/s1. The van der Waals surface area contributed by atoms with E-state index in [9.17, 15) is 48.6 Å². The second kappa shape index (κ2) is 31.9. The molecule has 4 bridgehead atoms. The van der Waals surface area contributed by atoms with Gasteiger partial charge in [0.05, 0.1) is 47.2 Å². The third-order valence-corrected chi connectivity index (χ3v) is 14.8. The van der Waals surface area contributed by atoms with Crippen LogP contribution < -0.4 is 32.7 Å². The molecule has 82 heavy (non-hydrogen) atoms. The average Bonchev–Trinajstić information content (AvgIpc) is 3.52. The molecule has 0 aromatic rings. The molecule has 0 spiro atoms. The molecule has 4 amide bonds. The molecule has 22 nitrogen and oxygen atoms in total. The summed E-state index contributed by atoms with van der Waals surface area (Å²) in [7, 11) is 5.72. The van der Waals surface area contributed by atoms with Crippen molar-refractivity contribution in [3.05, 3.63) is 117 Å². The second-order valence-electron chi connectivity index (χ2n) is 21.4. The third-order valence-electron chi connectivity index (χ3n) is 14.8. The van der Waals surface area contributed by atoms with Gasteiger partial charge in [0.1, 0.15) is 12.2 Å². The molecule has 0 saturated heterocycles. The first-order chi connectivity index (χ1) is 38.8. The fourth-order valence-corrected chi connectivity index (χ4v) is 10.2. The van der Waals surface area contributed by atoms with E-state index >= 15 is 0 Å². The van der Waals surface area contributed by atoms with Crippen LogP contribution in [0.25, 0.3) is 0 Å². The van der Waals surface area contributed by atoms with Crippen LogP contribution in [0.2, 0.25) is 0 Å². The normalized spacial score (nSPS) is 32.4. The van der Waals surface area contributed by atoms with Crippen molar-refractivity contribution in [3.63, 3.8) is 0 Å². The maximum Gasteiger partial charge on any atom is 0.405 e. The van der Waals surface area contributed by atoms with E-state index in [2.05, 4.69) is 21.3 Å². The molecule has 0 aromatic carbocycles. The minimum atomic E-state index is -1.07. The first-order valence-electron chi connectivity index (χ1n) is 27.4. The summed E-state index contributed by atoms with van der Waals surface area (Å²) in [5, 5.41) is 34.7. The molecular formula is C60H84N6O16. The number of rotatable bonds is 13. The van der Waals surface area contributed by atoms with Gasteiger partial charge in [0.25, 0.3) is 11.8 Å². The summed E-state index contributed by atoms with van der Waals surface area (Å²) in [5.41, 5.74) is 12.1. The third kappa shape index (κ3) is 18.7. The minimum Gasteiger partial charge on any atom is -0.439 e. The number of carbonyl (C=O) groups is 8. The van der Waals surface area contributed by atoms with E-state index in [0.717, 1.165) is 12.2 Å². The molecule has 10 N–H and O–H groups in total. The average molecular weight is 1150 g/mol. The van der Waals surface area contributed by atoms with E-state index in [1.165, 1.54) is 66.6 Å². The lowest BCUT2D eigenvalue weighted by molar-refractivity contribution is -0.120. The number of allylic oxidation sites excluding steroid dienone is 8.